The number of nitrogens with one attached hydrogen (secondary N) is 1. The molecule has 1 aliphatic carbocycles. The minimum Gasteiger partial charge on any atom is -0.355 e. The summed E-state index contributed by atoms with van der Waals surface area (Å²) in [6, 6.07) is 5.62. The van der Waals surface area contributed by atoms with Crippen LogP contribution in [0, 0.1) is 11.7 Å². The molecule has 3 rings (SSSR count). The van der Waals surface area contributed by atoms with Crippen LogP contribution >= 0.6 is 0 Å². The molecular formula is C21H30FN3O2. The van der Waals surface area contributed by atoms with Gasteiger partial charge in [0, 0.05) is 38.3 Å². The van der Waals surface area contributed by atoms with Crippen LogP contribution in [-0.4, -0.2) is 60.4 Å². The monoisotopic (exact) mass is 375 g/mol. The Bertz CT molecular complexity index is 635. The molecule has 0 unspecified atom stereocenters. The molecule has 1 saturated carbocycles. The van der Waals surface area contributed by atoms with Crippen molar-refractivity contribution in [1.82, 2.24) is 15.1 Å². The second kappa shape index (κ2) is 9.31. The average molecular weight is 375 g/mol. The Balaban J connectivity index is 1.61. The maximum atomic E-state index is 13.1. The Morgan fingerprint density at radius 3 is 2.33 bits per heavy atom. The van der Waals surface area contributed by atoms with Gasteiger partial charge in [-0.3, -0.25) is 14.5 Å². The fourth-order valence-corrected chi connectivity index (χ4v) is 4.28. The Labute approximate surface area is 160 Å². The Morgan fingerprint density at radius 1 is 1.11 bits per heavy atom. The molecule has 1 saturated heterocycles. The van der Waals surface area contributed by atoms with Gasteiger partial charge in [-0.05, 0) is 49.4 Å². The zero-order valence-corrected chi connectivity index (χ0v) is 16.1. The minimum absolute atomic E-state index is 0.0671. The maximum absolute atomic E-state index is 13.1. The van der Waals surface area contributed by atoms with Crippen molar-refractivity contribution in [3.63, 3.8) is 0 Å². The van der Waals surface area contributed by atoms with Gasteiger partial charge in [-0.25, -0.2) is 4.39 Å². The predicted octanol–water partition coefficient (Wildman–Crippen LogP) is 2.67. The van der Waals surface area contributed by atoms with Gasteiger partial charge >= 0.3 is 0 Å². The molecular weight excluding hydrogens is 345 g/mol. The molecule has 148 valence electrons. The van der Waals surface area contributed by atoms with Crippen LogP contribution in [0.15, 0.2) is 24.3 Å². The third kappa shape index (κ3) is 4.86. The van der Waals surface area contributed by atoms with Gasteiger partial charge in [0.15, 0.2) is 0 Å². The molecule has 0 spiro atoms. The number of piperazine rings is 1. The van der Waals surface area contributed by atoms with Gasteiger partial charge in [0.2, 0.25) is 5.91 Å². The molecule has 2 amide bonds. The van der Waals surface area contributed by atoms with Gasteiger partial charge in [-0.1, -0.05) is 19.8 Å². The fourth-order valence-electron chi connectivity index (χ4n) is 4.28. The first kappa shape index (κ1) is 19.8. The van der Waals surface area contributed by atoms with E-state index in [4.69, 9.17) is 0 Å². The van der Waals surface area contributed by atoms with Crippen LogP contribution in [0.1, 0.15) is 49.4 Å². The number of benzene rings is 1. The van der Waals surface area contributed by atoms with Crippen molar-refractivity contribution < 1.29 is 14.0 Å². The summed E-state index contributed by atoms with van der Waals surface area (Å²) in [5.41, 5.74) is 0.512. The molecule has 27 heavy (non-hydrogen) atoms. The van der Waals surface area contributed by atoms with Gasteiger partial charge in [-0.15, -0.1) is 0 Å². The van der Waals surface area contributed by atoms with E-state index in [1.165, 1.54) is 37.1 Å². The summed E-state index contributed by atoms with van der Waals surface area (Å²) in [4.78, 5) is 29.5. The molecule has 1 atom stereocenters. The quantitative estimate of drug-likeness (QED) is 0.832. The molecule has 2 aliphatic rings. The third-order valence-corrected chi connectivity index (χ3v) is 5.75. The summed E-state index contributed by atoms with van der Waals surface area (Å²) in [7, 11) is 0. The molecule has 0 aromatic heterocycles. The van der Waals surface area contributed by atoms with E-state index in [0.29, 0.717) is 44.2 Å². The maximum Gasteiger partial charge on any atom is 0.253 e. The molecule has 1 aromatic rings. The van der Waals surface area contributed by atoms with Crippen LogP contribution in [0.2, 0.25) is 0 Å². The number of halogens is 1. The Morgan fingerprint density at radius 2 is 1.74 bits per heavy atom. The van der Waals surface area contributed by atoms with Gasteiger partial charge in [0.05, 0.1) is 6.04 Å². The minimum atomic E-state index is -0.339. The first-order valence-electron chi connectivity index (χ1n) is 10.2. The lowest BCUT2D eigenvalue weighted by Crippen LogP contribution is -2.58. The van der Waals surface area contributed by atoms with E-state index >= 15 is 0 Å². The van der Waals surface area contributed by atoms with Gasteiger partial charge in [0.25, 0.3) is 5.91 Å². The molecule has 1 aliphatic heterocycles. The molecule has 1 aromatic carbocycles. The van der Waals surface area contributed by atoms with E-state index in [9.17, 15) is 14.0 Å². The number of rotatable bonds is 6. The Hall–Kier alpha value is -1.95. The number of carbonyl (C=O) groups excluding carboxylic acids is 2. The van der Waals surface area contributed by atoms with E-state index in [1.54, 1.807) is 4.90 Å². The van der Waals surface area contributed by atoms with Crippen molar-refractivity contribution in [2.75, 3.05) is 32.7 Å². The summed E-state index contributed by atoms with van der Waals surface area (Å²) in [5, 5.41) is 3.08. The standard InChI is InChI=1S/C21H30FN3O2/c1-2-11-23-20(26)19(16-5-3-4-6-16)24-12-14-25(15-13-24)21(27)17-7-9-18(22)10-8-17/h7-10,16,19H,2-6,11-15H2,1H3,(H,23,26)/t19-/m1/s1. The lowest BCUT2D eigenvalue weighted by Gasteiger charge is -2.40. The highest BCUT2D eigenvalue weighted by Crippen LogP contribution is 2.31. The lowest BCUT2D eigenvalue weighted by molar-refractivity contribution is -0.129. The molecule has 1 N–H and O–H groups in total. The van der Waals surface area contributed by atoms with Crippen LogP contribution in [0.5, 0.6) is 0 Å². The van der Waals surface area contributed by atoms with E-state index in [-0.39, 0.29) is 23.7 Å². The SMILES string of the molecule is CCCNC(=O)[C@@H](C1CCCC1)N1CCN(C(=O)c2ccc(F)cc2)CC1. The van der Waals surface area contributed by atoms with Gasteiger partial charge in [-0.2, -0.15) is 0 Å². The zero-order valence-electron chi connectivity index (χ0n) is 16.1. The van der Waals surface area contributed by atoms with Crippen LogP contribution in [0.3, 0.4) is 0 Å². The Kier molecular flexibility index (Phi) is 6.83. The van der Waals surface area contributed by atoms with Crippen LogP contribution in [0.4, 0.5) is 4.39 Å². The van der Waals surface area contributed by atoms with E-state index < -0.39 is 0 Å². The van der Waals surface area contributed by atoms with Gasteiger partial charge in [0.1, 0.15) is 5.82 Å². The topological polar surface area (TPSA) is 52.7 Å². The lowest BCUT2D eigenvalue weighted by atomic mass is 9.95. The first-order chi connectivity index (χ1) is 13.1. The van der Waals surface area contributed by atoms with Crippen LogP contribution < -0.4 is 5.32 Å². The normalized spacial score (nSPS) is 19.9. The van der Waals surface area contributed by atoms with Crippen molar-refractivity contribution in [3.8, 4) is 0 Å². The summed E-state index contributed by atoms with van der Waals surface area (Å²) in [5.74, 6) is 0.152. The largest absolute Gasteiger partial charge is 0.355 e. The van der Waals surface area contributed by atoms with Crippen LogP contribution in [-0.2, 0) is 4.79 Å². The number of hydrogen-bond donors (Lipinski definition) is 1. The number of nitrogens with zero attached hydrogens (tertiary/aromatic N) is 2. The predicted molar refractivity (Wildman–Crippen MR) is 103 cm³/mol. The molecule has 1 heterocycles. The van der Waals surface area contributed by atoms with Crippen molar-refractivity contribution in [2.24, 2.45) is 5.92 Å². The molecule has 6 heteroatoms. The highest BCUT2D eigenvalue weighted by molar-refractivity contribution is 5.94. The molecule has 0 bridgehead atoms. The molecule has 0 radical (unpaired) electrons. The van der Waals surface area contributed by atoms with E-state index in [1.807, 2.05) is 0 Å². The van der Waals surface area contributed by atoms with Crippen LogP contribution in [0.25, 0.3) is 0 Å². The van der Waals surface area contributed by atoms with Crippen molar-refractivity contribution in [3.05, 3.63) is 35.6 Å². The molecule has 5 nitrogen and oxygen atoms in total. The second-order valence-electron chi connectivity index (χ2n) is 7.62. The summed E-state index contributed by atoms with van der Waals surface area (Å²) in [6.07, 6.45) is 5.55. The van der Waals surface area contributed by atoms with Crippen molar-refractivity contribution in [2.45, 2.75) is 45.1 Å². The highest BCUT2D eigenvalue weighted by Gasteiger charge is 2.37. The van der Waals surface area contributed by atoms with Crippen molar-refractivity contribution in [1.29, 1.82) is 0 Å². The average Bonchev–Trinajstić information content (AvgIpc) is 3.21. The number of amides is 2. The number of carbonyl (C=O) groups is 2. The fraction of sp³-hybridized carbons (Fsp3) is 0.619. The third-order valence-electron chi connectivity index (χ3n) is 5.75. The van der Waals surface area contributed by atoms with Crippen molar-refractivity contribution >= 4 is 11.8 Å². The second-order valence-corrected chi connectivity index (χ2v) is 7.62. The summed E-state index contributed by atoms with van der Waals surface area (Å²) < 4.78 is 13.1. The van der Waals surface area contributed by atoms with E-state index in [0.717, 1.165) is 19.3 Å². The zero-order chi connectivity index (χ0) is 19.2. The smallest absolute Gasteiger partial charge is 0.253 e. The highest BCUT2D eigenvalue weighted by atomic mass is 19.1. The molecule has 2 fully saturated rings. The summed E-state index contributed by atoms with van der Waals surface area (Å²) in [6.45, 7) is 5.37. The van der Waals surface area contributed by atoms with E-state index in [2.05, 4.69) is 17.1 Å². The first-order valence-corrected chi connectivity index (χ1v) is 10.2. The number of hydrogen-bond acceptors (Lipinski definition) is 3. The summed E-state index contributed by atoms with van der Waals surface area (Å²) >= 11 is 0. The van der Waals surface area contributed by atoms with Gasteiger partial charge < -0.3 is 10.2 Å².